The highest BCUT2D eigenvalue weighted by atomic mass is 35.5. The third-order valence-corrected chi connectivity index (χ3v) is 8.58. The molecule has 0 fully saturated rings. The number of nitrogens with one attached hydrogen (secondary N) is 1. The fraction of sp³-hybridized carbons (Fsp3) is 0.355. The molecule has 5 aromatic rings. The van der Waals surface area contributed by atoms with Crippen molar-refractivity contribution in [1.82, 2.24) is 19.9 Å². The van der Waals surface area contributed by atoms with Crippen LogP contribution in [0.1, 0.15) is 52.6 Å². The number of ether oxygens (including phenoxy) is 2. The van der Waals surface area contributed by atoms with E-state index in [-0.39, 0.29) is 11.9 Å². The zero-order chi connectivity index (χ0) is 30.8. The molecule has 43 heavy (non-hydrogen) atoms. The van der Waals surface area contributed by atoms with Crippen LogP contribution in [-0.2, 0) is 38.4 Å². The highest BCUT2D eigenvalue weighted by molar-refractivity contribution is 7.19. The van der Waals surface area contributed by atoms with Crippen LogP contribution in [0.4, 0.5) is 5.82 Å². The van der Waals surface area contributed by atoms with Gasteiger partial charge in [0.1, 0.15) is 32.3 Å². The second-order valence-corrected chi connectivity index (χ2v) is 12.6. The van der Waals surface area contributed by atoms with Crippen LogP contribution in [0.25, 0.3) is 20.4 Å². The Bertz CT molecular complexity index is 1690. The summed E-state index contributed by atoms with van der Waals surface area (Å²) in [5.74, 6) is 1.88. The average molecular weight is 640 g/mol. The fourth-order valence-corrected chi connectivity index (χ4v) is 6.35. The topological polar surface area (TPSA) is 116 Å². The Morgan fingerprint density at radius 1 is 0.791 bits per heavy atom. The van der Waals surface area contributed by atoms with E-state index < -0.39 is 0 Å². The monoisotopic (exact) mass is 639 g/mol. The van der Waals surface area contributed by atoms with E-state index in [0.29, 0.717) is 56.0 Å². The molecule has 5 rings (SSSR count). The molecule has 1 N–H and O–H groups in total. The van der Waals surface area contributed by atoms with Crippen LogP contribution < -0.4 is 5.32 Å². The molecule has 0 bridgehead atoms. The summed E-state index contributed by atoms with van der Waals surface area (Å²) in [7, 11) is 2.79. The van der Waals surface area contributed by atoms with Gasteiger partial charge in [0, 0.05) is 47.4 Å². The molecule has 4 heterocycles. The Labute approximate surface area is 263 Å². The summed E-state index contributed by atoms with van der Waals surface area (Å²) in [5.41, 5.74) is 1.20. The second-order valence-electron chi connectivity index (χ2n) is 9.77. The smallest absolute Gasteiger partial charge is 0.305 e. The number of carbonyl (C=O) groups excluding carboxylic acids is 2. The number of aryl methyl sites for hydroxylation is 4. The number of esters is 2. The van der Waals surface area contributed by atoms with Gasteiger partial charge in [-0.2, -0.15) is 0 Å². The van der Waals surface area contributed by atoms with Crippen molar-refractivity contribution in [3.63, 3.8) is 0 Å². The van der Waals surface area contributed by atoms with Crippen molar-refractivity contribution in [2.75, 3.05) is 19.5 Å². The minimum atomic E-state index is -0.214. The molecule has 4 aromatic heterocycles. The molecule has 1 aromatic carbocycles. The number of hydrogen-bond acceptors (Lipinski definition) is 11. The van der Waals surface area contributed by atoms with Crippen LogP contribution in [-0.4, -0.2) is 46.1 Å². The Kier molecular flexibility index (Phi) is 11.8. The minimum absolute atomic E-state index is 0.199. The number of fused-ring (bicyclic) bond motifs is 2. The largest absolute Gasteiger partial charge is 0.469 e. The van der Waals surface area contributed by atoms with Crippen molar-refractivity contribution < 1.29 is 19.1 Å². The first-order valence-electron chi connectivity index (χ1n) is 13.9. The Hall–Kier alpha value is -3.67. The molecule has 0 unspecified atom stereocenters. The summed E-state index contributed by atoms with van der Waals surface area (Å²) < 4.78 is 9.26. The van der Waals surface area contributed by atoms with Crippen LogP contribution in [0.2, 0.25) is 5.15 Å². The number of thiophene rings is 2. The number of halogens is 1. The van der Waals surface area contributed by atoms with Crippen LogP contribution in [0.5, 0.6) is 0 Å². The van der Waals surface area contributed by atoms with Gasteiger partial charge < -0.3 is 14.8 Å². The zero-order valence-electron chi connectivity index (χ0n) is 24.6. The Balaban J connectivity index is 0.000000208. The molecule has 0 spiro atoms. The molecule has 0 saturated heterocycles. The van der Waals surface area contributed by atoms with Gasteiger partial charge in [0.2, 0.25) is 0 Å². The van der Waals surface area contributed by atoms with E-state index in [0.717, 1.165) is 37.0 Å². The van der Waals surface area contributed by atoms with E-state index in [1.165, 1.54) is 24.7 Å². The van der Waals surface area contributed by atoms with Gasteiger partial charge in [-0.15, -0.1) is 22.7 Å². The average Bonchev–Trinajstić information content (AvgIpc) is 3.57. The molecule has 0 aliphatic heterocycles. The van der Waals surface area contributed by atoms with Gasteiger partial charge in [-0.1, -0.05) is 41.9 Å². The highest BCUT2D eigenvalue weighted by Gasteiger charge is 2.12. The molecule has 0 saturated carbocycles. The van der Waals surface area contributed by atoms with Crippen LogP contribution in [0, 0.1) is 13.8 Å². The van der Waals surface area contributed by atoms with Crippen molar-refractivity contribution in [3.8, 4) is 0 Å². The van der Waals surface area contributed by atoms with Gasteiger partial charge in [0.05, 0.1) is 19.6 Å². The van der Waals surface area contributed by atoms with E-state index in [2.05, 4.69) is 59.8 Å². The molecule has 12 heteroatoms. The SMILES string of the molecule is COC(=O)CCCc1nc(Cl)c2cc(C)sc2n1.COC(=O)CCCc1nc(NCc2ccccc2)c2cc(C)sc2n1. The molecule has 9 nitrogen and oxygen atoms in total. The van der Waals surface area contributed by atoms with E-state index in [9.17, 15) is 9.59 Å². The number of carbonyl (C=O) groups is 2. The van der Waals surface area contributed by atoms with Crippen LogP contribution >= 0.6 is 34.3 Å². The number of nitrogens with zero attached hydrogens (tertiary/aromatic N) is 4. The molecular formula is C31H34ClN5O4S2. The summed E-state index contributed by atoms with van der Waals surface area (Å²) in [4.78, 5) is 44.6. The van der Waals surface area contributed by atoms with E-state index in [4.69, 9.17) is 11.6 Å². The lowest BCUT2D eigenvalue weighted by molar-refractivity contribution is -0.141. The first kappa shape index (κ1) is 32.2. The van der Waals surface area contributed by atoms with E-state index in [1.54, 1.807) is 22.7 Å². The van der Waals surface area contributed by atoms with Crippen molar-refractivity contribution in [2.24, 2.45) is 0 Å². The normalized spacial score (nSPS) is 10.8. The summed E-state index contributed by atoms with van der Waals surface area (Å²) in [5, 5.41) is 5.87. The van der Waals surface area contributed by atoms with Crippen molar-refractivity contribution in [2.45, 2.75) is 58.9 Å². The summed E-state index contributed by atoms with van der Waals surface area (Å²) in [6.07, 6.45) is 3.39. The molecule has 226 valence electrons. The number of hydrogen-bond donors (Lipinski definition) is 1. The number of aromatic nitrogens is 4. The van der Waals surface area contributed by atoms with Crippen molar-refractivity contribution >= 4 is 72.5 Å². The van der Waals surface area contributed by atoms with E-state index in [1.807, 2.05) is 31.2 Å². The van der Waals surface area contributed by atoms with Gasteiger partial charge in [-0.3, -0.25) is 9.59 Å². The van der Waals surface area contributed by atoms with Gasteiger partial charge in [-0.05, 0) is 44.4 Å². The zero-order valence-corrected chi connectivity index (χ0v) is 27.0. The maximum atomic E-state index is 11.3. The third kappa shape index (κ3) is 9.41. The number of rotatable bonds is 11. The van der Waals surface area contributed by atoms with Gasteiger partial charge >= 0.3 is 11.9 Å². The maximum Gasteiger partial charge on any atom is 0.305 e. The Morgan fingerprint density at radius 2 is 1.33 bits per heavy atom. The predicted octanol–water partition coefficient (Wildman–Crippen LogP) is 7.26. The standard InChI is InChI=1S/C19H21N3O2S.C12H13ClN2O2S/c1-13-11-15-18(20-12-14-7-4-3-5-8-14)21-16(22-19(15)25-13)9-6-10-17(23)24-2;1-7-6-8-11(13)14-9(15-12(8)18-7)4-3-5-10(16)17-2/h3-5,7-8,11H,6,9-10,12H2,1-2H3,(H,20,21,22);6H,3-5H2,1-2H3. The summed E-state index contributed by atoms with van der Waals surface area (Å²) >= 11 is 9.37. The number of anilines is 1. The van der Waals surface area contributed by atoms with Gasteiger partial charge in [0.15, 0.2) is 0 Å². The lowest BCUT2D eigenvalue weighted by Crippen LogP contribution is -2.06. The van der Waals surface area contributed by atoms with Crippen molar-refractivity contribution in [1.29, 1.82) is 0 Å². The molecule has 0 aliphatic rings. The first-order valence-corrected chi connectivity index (χ1v) is 15.9. The summed E-state index contributed by atoms with van der Waals surface area (Å²) in [6.45, 7) is 4.80. The third-order valence-electron chi connectivity index (χ3n) is 6.40. The fourth-order valence-electron chi connectivity index (χ4n) is 4.26. The lowest BCUT2D eigenvalue weighted by atomic mass is 10.2. The number of methoxy groups -OCH3 is 2. The number of benzene rings is 1. The van der Waals surface area contributed by atoms with Crippen LogP contribution in [0.3, 0.4) is 0 Å². The predicted molar refractivity (Wildman–Crippen MR) is 173 cm³/mol. The minimum Gasteiger partial charge on any atom is -0.469 e. The van der Waals surface area contributed by atoms with Gasteiger partial charge in [-0.25, -0.2) is 19.9 Å². The summed E-state index contributed by atoms with van der Waals surface area (Å²) in [6, 6.07) is 14.3. The molecule has 0 aliphatic carbocycles. The molecule has 0 radical (unpaired) electrons. The second kappa shape index (κ2) is 15.7. The molecule has 0 atom stereocenters. The Morgan fingerprint density at radius 3 is 1.91 bits per heavy atom. The molecular weight excluding hydrogens is 606 g/mol. The highest BCUT2D eigenvalue weighted by Crippen LogP contribution is 2.30. The van der Waals surface area contributed by atoms with Crippen LogP contribution in [0.15, 0.2) is 42.5 Å². The van der Waals surface area contributed by atoms with Gasteiger partial charge in [0.25, 0.3) is 0 Å². The van der Waals surface area contributed by atoms with E-state index >= 15 is 0 Å². The lowest BCUT2D eigenvalue weighted by Gasteiger charge is -2.09. The molecule has 0 amide bonds. The maximum absolute atomic E-state index is 11.3. The first-order chi connectivity index (χ1) is 20.7. The van der Waals surface area contributed by atoms with Crippen molar-refractivity contribution in [3.05, 3.63) is 74.6 Å². The quantitative estimate of drug-likeness (QED) is 0.118.